The minimum absolute atomic E-state index is 0.1000. The van der Waals surface area contributed by atoms with E-state index in [-0.39, 0.29) is 24.5 Å². The van der Waals surface area contributed by atoms with Gasteiger partial charge in [-0.15, -0.1) is 0 Å². The Bertz CT molecular complexity index is 941. The first-order chi connectivity index (χ1) is 17.3. The molecule has 1 aliphatic carbocycles. The second-order valence-corrected chi connectivity index (χ2v) is 10.2. The van der Waals surface area contributed by atoms with Crippen molar-refractivity contribution in [1.82, 2.24) is 4.90 Å². The van der Waals surface area contributed by atoms with Crippen LogP contribution in [0, 0.1) is 12.7 Å². The monoisotopic (exact) mass is 501 g/mol. The van der Waals surface area contributed by atoms with Crippen molar-refractivity contribution in [2.45, 2.75) is 97.3 Å². The van der Waals surface area contributed by atoms with Crippen LogP contribution in [-0.2, 0) is 20.7 Å². The van der Waals surface area contributed by atoms with Gasteiger partial charge in [-0.2, -0.15) is 0 Å². The number of halogens is 1. The molecule has 3 atom stereocenters. The lowest BCUT2D eigenvalue weighted by atomic mass is 9.85. The quantitative estimate of drug-likeness (QED) is 0.353. The van der Waals surface area contributed by atoms with Gasteiger partial charge >= 0.3 is 5.97 Å². The van der Waals surface area contributed by atoms with E-state index in [9.17, 15) is 14.3 Å². The third-order valence-electron chi connectivity index (χ3n) is 7.49. The number of β-amino-alcohol motifs (C(OH)–C–C–N with tert-alkyl or cyclic N) is 1. The average molecular weight is 502 g/mol. The van der Waals surface area contributed by atoms with E-state index in [4.69, 9.17) is 9.47 Å². The van der Waals surface area contributed by atoms with Crippen molar-refractivity contribution in [3.05, 3.63) is 57.9 Å². The number of aryl methyl sites for hydroxylation is 1. The van der Waals surface area contributed by atoms with E-state index in [2.05, 4.69) is 24.8 Å². The number of benzene rings is 1. The molecule has 0 saturated carbocycles. The van der Waals surface area contributed by atoms with Crippen molar-refractivity contribution in [2.75, 3.05) is 26.3 Å². The van der Waals surface area contributed by atoms with Gasteiger partial charge in [0.25, 0.3) is 0 Å². The number of allylic oxidation sites excluding steroid dienone is 2. The predicted octanol–water partition coefficient (Wildman–Crippen LogP) is 5.68. The van der Waals surface area contributed by atoms with Gasteiger partial charge in [-0.3, -0.25) is 9.69 Å². The summed E-state index contributed by atoms with van der Waals surface area (Å²) in [4.78, 5) is 14.3. The zero-order chi connectivity index (χ0) is 26.1. The number of hydrogen-bond donors (Lipinski definition) is 1. The number of aliphatic hydroxyl groups excluding tert-OH is 1. The van der Waals surface area contributed by atoms with E-state index in [1.807, 2.05) is 19.1 Å². The molecule has 1 fully saturated rings. The smallest absolute Gasteiger partial charge is 0.306 e. The summed E-state index contributed by atoms with van der Waals surface area (Å²) in [6, 6.07) is 5.80. The molecule has 1 N–H and O–H groups in total. The van der Waals surface area contributed by atoms with Crippen molar-refractivity contribution in [3.63, 3.8) is 0 Å². The summed E-state index contributed by atoms with van der Waals surface area (Å²) in [5.41, 5.74) is 5.36. The molecule has 0 spiro atoms. The topological polar surface area (TPSA) is 59.0 Å². The maximum Gasteiger partial charge on any atom is 0.306 e. The number of likely N-dealkylation sites (tertiary alicyclic amines) is 1. The molecule has 6 heteroatoms. The molecule has 0 bridgehead atoms. The first-order valence-corrected chi connectivity index (χ1v) is 13.7. The van der Waals surface area contributed by atoms with E-state index >= 15 is 0 Å². The predicted molar refractivity (Wildman–Crippen MR) is 141 cm³/mol. The highest BCUT2D eigenvalue weighted by Crippen LogP contribution is 2.33. The van der Waals surface area contributed by atoms with Crippen molar-refractivity contribution >= 4 is 5.97 Å². The largest absolute Gasteiger partial charge is 0.466 e. The number of hydrogen-bond acceptors (Lipinski definition) is 5. The molecule has 1 unspecified atom stereocenters. The number of nitrogens with zero attached hydrogens (tertiary/aromatic N) is 1. The molecule has 1 aromatic carbocycles. The molecular formula is C30H44FNO4. The van der Waals surface area contributed by atoms with Crippen LogP contribution in [-0.4, -0.2) is 60.5 Å². The average Bonchev–Trinajstić information content (AvgIpc) is 3.27. The van der Waals surface area contributed by atoms with Crippen LogP contribution < -0.4 is 0 Å². The fourth-order valence-electron chi connectivity index (χ4n) is 5.49. The molecule has 1 saturated heterocycles. The fraction of sp³-hybridized carbons (Fsp3) is 0.633. The van der Waals surface area contributed by atoms with Crippen LogP contribution in [0.15, 0.2) is 41.0 Å². The Hall–Kier alpha value is -2.02. The Morgan fingerprint density at radius 2 is 2.08 bits per heavy atom. The Morgan fingerprint density at radius 1 is 1.28 bits per heavy atom. The van der Waals surface area contributed by atoms with Crippen molar-refractivity contribution in [3.8, 4) is 0 Å². The van der Waals surface area contributed by atoms with E-state index < -0.39 is 6.10 Å². The number of carbonyl (C=O) groups excluding carboxylic acids is 1. The lowest BCUT2D eigenvalue weighted by molar-refractivity contribution is -0.143. The van der Waals surface area contributed by atoms with Crippen LogP contribution in [0.25, 0.3) is 0 Å². The van der Waals surface area contributed by atoms with Gasteiger partial charge in [0.15, 0.2) is 0 Å². The highest BCUT2D eigenvalue weighted by atomic mass is 19.1. The van der Waals surface area contributed by atoms with Crippen LogP contribution in [0.3, 0.4) is 0 Å². The molecule has 1 aliphatic heterocycles. The summed E-state index contributed by atoms with van der Waals surface area (Å²) < 4.78 is 25.4. The normalized spacial score (nSPS) is 20.4. The number of ether oxygens (including phenoxy) is 2. The maximum absolute atomic E-state index is 14.0. The van der Waals surface area contributed by atoms with Crippen LogP contribution in [0.1, 0.15) is 76.8 Å². The summed E-state index contributed by atoms with van der Waals surface area (Å²) in [6.07, 6.45) is 8.31. The summed E-state index contributed by atoms with van der Waals surface area (Å²) in [6.45, 7) is 10.0. The van der Waals surface area contributed by atoms with Gasteiger partial charge in [0.05, 0.1) is 25.4 Å². The van der Waals surface area contributed by atoms with Crippen LogP contribution in [0.4, 0.5) is 4.39 Å². The molecular weight excluding hydrogens is 457 g/mol. The van der Waals surface area contributed by atoms with Gasteiger partial charge in [-0.25, -0.2) is 4.39 Å². The summed E-state index contributed by atoms with van der Waals surface area (Å²) in [5.74, 6) is -0.320. The molecule has 0 radical (unpaired) electrons. The summed E-state index contributed by atoms with van der Waals surface area (Å²) in [7, 11) is 0. The van der Waals surface area contributed by atoms with Crippen molar-refractivity contribution in [2.24, 2.45) is 0 Å². The van der Waals surface area contributed by atoms with Gasteiger partial charge in [-0.1, -0.05) is 30.7 Å². The molecule has 3 rings (SSSR count). The molecule has 36 heavy (non-hydrogen) atoms. The summed E-state index contributed by atoms with van der Waals surface area (Å²) >= 11 is 0. The molecule has 2 aliphatic rings. The van der Waals surface area contributed by atoms with Crippen LogP contribution in [0.5, 0.6) is 0 Å². The lowest BCUT2D eigenvalue weighted by Crippen LogP contribution is -2.39. The first-order valence-electron chi connectivity index (χ1n) is 13.7. The van der Waals surface area contributed by atoms with Gasteiger partial charge in [0, 0.05) is 19.0 Å². The zero-order valence-electron chi connectivity index (χ0n) is 22.5. The number of esters is 1. The van der Waals surface area contributed by atoms with Crippen LogP contribution in [0.2, 0.25) is 0 Å². The third kappa shape index (κ3) is 7.99. The maximum atomic E-state index is 14.0. The van der Waals surface area contributed by atoms with E-state index in [0.29, 0.717) is 37.6 Å². The number of rotatable bonds is 13. The van der Waals surface area contributed by atoms with Crippen molar-refractivity contribution < 1.29 is 23.8 Å². The highest BCUT2D eigenvalue weighted by Gasteiger charge is 2.28. The van der Waals surface area contributed by atoms with Gasteiger partial charge in [-0.05, 0) is 101 Å². The second kappa shape index (κ2) is 14.1. The van der Waals surface area contributed by atoms with Crippen LogP contribution >= 0.6 is 0 Å². The first kappa shape index (κ1) is 28.5. The zero-order valence-corrected chi connectivity index (χ0v) is 22.5. The third-order valence-corrected chi connectivity index (χ3v) is 7.49. The second-order valence-electron chi connectivity index (χ2n) is 10.2. The standard InChI is InChI=1S/C30H44FNO4/c1-5-29(27-11-7-9-21(3)26(27)14-15-30(34)35-6-2)36-20-25(33)19-32-16-8-10-24(32)17-23-13-12-22(4)28(31)18-23/h11-13,18,24-25,29,33H,5-10,14-17,19-20H2,1-4H3/t24-,25+,29?/m0/s1. The Kier molecular flexibility index (Phi) is 11.1. The van der Waals surface area contributed by atoms with Crippen molar-refractivity contribution in [1.29, 1.82) is 0 Å². The van der Waals surface area contributed by atoms with E-state index in [1.54, 1.807) is 13.0 Å². The number of carbonyl (C=O) groups is 1. The Morgan fingerprint density at radius 3 is 2.81 bits per heavy atom. The number of aliphatic hydroxyl groups is 1. The summed E-state index contributed by atoms with van der Waals surface area (Å²) in [5, 5.41) is 10.9. The molecule has 1 heterocycles. The molecule has 0 aromatic heterocycles. The fourth-order valence-corrected chi connectivity index (χ4v) is 5.49. The lowest BCUT2D eigenvalue weighted by Gasteiger charge is -2.30. The minimum atomic E-state index is -0.591. The highest BCUT2D eigenvalue weighted by molar-refractivity contribution is 5.70. The molecule has 1 aromatic rings. The van der Waals surface area contributed by atoms with E-state index in [0.717, 1.165) is 56.2 Å². The van der Waals surface area contributed by atoms with E-state index in [1.165, 1.54) is 11.1 Å². The van der Waals surface area contributed by atoms with Gasteiger partial charge in [0.2, 0.25) is 0 Å². The minimum Gasteiger partial charge on any atom is -0.466 e. The SMILES string of the molecule is CCOC(=O)CCC1=C(C)CCC=C1C(CC)OC[C@H](O)CN1CCC[C@H]1Cc1ccc(C)c(F)c1. The molecule has 5 nitrogen and oxygen atoms in total. The Balaban J connectivity index is 1.54. The Labute approximate surface area is 216 Å². The molecule has 200 valence electrons. The van der Waals surface area contributed by atoms with Gasteiger partial charge < -0.3 is 14.6 Å². The molecule has 0 amide bonds. The van der Waals surface area contributed by atoms with Gasteiger partial charge in [0.1, 0.15) is 5.82 Å².